The van der Waals surface area contributed by atoms with Crippen molar-refractivity contribution in [2.24, 2.45) is 0 Å². The Balaban J connectivity index is 1.45. The zero-order valence-electron chi connectivity index (χ0n) is 17.5. The second kappa shape index (κ2) is 8.07. The van der Waals surface area contributed by atoms with Crippen molar-refractivity contribution in [3.8, 4) is 11.3 Å². The number of amides is 1. The molecule has 4 aromatic rings. The Labute approximate surface area is 185 Å². The third kappa shape index (κ3) is 4.41. The lowest BCUT2D eigenvalue weighted by molar-refractivity contribution is 0.102. The molecule has 1 saturated carbocycles. The van der Waals surface area contributed by atoms with Gasteiger partial charge in [0.1, 0.15) is 10.7 Å². The summed E-state index contributed by atoms with van der Waals surface area (Å²) in [6.07, 6.45) is 4.13. The van der Waals surface area contributed by atoms with E-state index in [-0.39, 0.29) is 5.91 Å². The number of hydrogen-bond donors (Lipinski definition) is 1. The van der Waals surface area contributed by atoms with Gasteiger partial charge in [0, 0.05) is 17.7 Å². The zero-order valence-corrected chi connectivity index (χ0v) is 18.3. The third-order valence-electron chi connectivity index (χ3n) is 5.38. The molecular formula is C24H23N5OS. The van der Waals surface area contributed by atoms with E-state index in [4.69, 9.17) is 5.10 Å². The highest BCUT2D eigenvalue weighted by molar-refractivity contribution is 7.15. The maximum absolute atomic E-state index is 13.2. The summed E-state index contributed by atoms with van der Waals surface area (Å²) < 4.78 is 1.82. The average molecular weight is 430 g/mol. The number of aryl methyl sites for hydroxylation is 2. The molecule has 7 heteroatoms. The Morgan fingerprint density at radius 1 is 1.03 bits per heavy atom. The molecule has 2 aromatic carbocycles. The van der Waals surface area contributed by atoms with Gasteiger partial charge in [-0.25, -0.2) is 0 Å². The van der Waals surface area contributed by atoms with Crippen molar-refractivity contribution >= 4 is 22.4 Å². The first kappa shape index (κ1) is 19.6. The van der Waals surface area contributed by atoms with E-state index in [9.17, 15) is 4.79 Å². The largest absolute Gasteiger partial charge is 0.296 e. The molecule has 6 nitrogen and oxygen atoms in total. The summed E-state index contributed by atoms with van der Waals surface area (Å²) in [5.74, 6) is 0.299. The Kier molecular flexibility index (Phi) is 5.11. The van der Waals surface area contributed by atoms with Crippen LogP contribution in [0, 0.1) is 13.8 Å². The fourth-order valence-corrected chi connectivity index (χ4v) is 4.33. The summed E-state index contributed by atoms with van der Waals surface area (Å²) >= 11 is 1.46. The molecule has 0 atom stereocenters. The highest BCUT2D eigenvalue weighted by Gasteiger charge is 2.28. The molecule has 0 aliphatic heterocycles. The van der Waals surface area contributed by atoms with Gasteiger partial charge in [0.15, 0.2) is 0 Å². The highest BCUT2D eigenvalue weighted by Crippen LogP contribution is 2.42. The molecule has 1 aliphatic carbocycles. The first-order valence-corrected chi connectivity index (χ1v) is 11.2. The predicted molar refractivity (Wildman–Crippen MR) is 123 cm³/mol. The van der Waals surface area contributed by atoms with Gasteiger partial charge in [0.05, 0.1) is 12.1 Å². The SMILES string of the molecule is Cc1ccc(Cn2cc(C(=O)Nc3nnc(C4CC4)s3)c(-c3ccc(C)cc3)n2)cc1. The lowest BCUT2D eigenvalue weighted by Gasteiger charge is -2.03. The molecular weight excluding hydrogens is 406 g/mol. The van der Waals surface area contributed by atoms with Crippen LogP contribution in [0.1, 0.15) is 50.8 Å². The van der Waals surface area contributed by atoms with Crippen LogP contribution in [-0.4, -0.2) is 25.9 Å². The summed E-state index contributed by atoms with van der Waals surface area (Å²) in [7, 11) is 0. The van der Waals surface area contributed by atoms with Crippen LogP contribution in [0.25, 0.3) is 11.3 Å². The van der Waals surface area contributed by atoms with E-state index in [0.29, 0.717) is 28.9 Å². The second-order valence-corrected chi connectivity index (χ2v) is 9.12. The van der Waals surface area contributed by atoms with Gasteiger partial charge in [0.25, 0.3) is 5.91 Å². The fraction of sp³-hybridized carbons (Fsp3) is 0.250. The van der Waals surface area contributed by atoms with Crippen LogP contribution in [-0.2, 0) is 6.54 Å². The van der Waals surface area contributed by atoms with Gasteiger partial charge in [-0.15, -0.1) is 10.2 Å². The van der Waals surface area contributed by atoms with E-state index in [0.717, 1.165) is 34.5 Å². The van der Waals surface area contributed by atoms with Gasteiger partial charge < -0.3 is 0 Å². The molecule has 1 fully saturated rings. The molecule has 156 valence electrons. The number of aromatic nitrogens is 4. The lowest BCUT2D eigenvalue weighted by Crippen LogP contribution is -2.12. The number of hydrogen-bond acceptors (Lipinski definition) is 5. The van der Waals surface area contributed by atoms with E-state index in [2.05, 4.69) is 46.7 Å². The van der Waals surface area contributed by atoms with E-state index in [1.165, 1.54) is 16.9 Å². The Morgan fingerprint density at radius 3 is 2.39 bits per heavy atom. The monoisotopic (exact) mass is 429 g/mol. The van der Waals surface area contributed by atoms with Crippen molar-refractivity contribution in [1.82, 2.24) is 20.0 Å². The molecule has 31 heavy (non-hydrogen) atoms. The summed E-state index contributed by atoms with van der Waals surface area (Å²) in [5.41, 5.74) is 5.61. The second-order valence-electron chi connectivity index (χ2n) is 8.11. The van der Waals surface area contributed by atoms with Crippen molar-refractivity contribution in [3.63, 3.8) is 0 Å². The zero-order chi connectivity index (χ0) is 21.4. The molecule has 1 aliphatic rings. The Hall–Kier alpha value is -3.32. The van der Waals surface area contributed by atoms with Crippen molar-refractivity contribution < 1.29 is 4.79 Å². The third-order valence-corrected chi connectivity index (χ3v) is 6.39. The Bertz CT molecular complexity index is 1220. The molecule has 2 heterocycles. The van der Waals surface area contributed by atoms with Gasteiger partial charge in [0.2, 0.25) is 5.13 Å². The van der Waals surface area contributed by atoms with Crippen molar-refractivity contribution in [2.75, 3.05) is 5.32 Å². The Morgan fingerprint density at radius 2 is 1.71 bits per heavy atom. The number of carbonyl (C=O) groups excluding carboxylic acids is 1. The quantitative estimate of drug-likeness (QED) is 0.457. The van der Waals surface area contributed by atoms with Gasteiger partial charge in [-0.05, 0) is 32.3 Å². The normalized spacial score (nSPS) is 13.4. The number of carbonyl (C=O) groups is 1. The lowest BCUT2D eigenvalue weighted by atomic mass is 10.1. The summed E-state index contributed by atoms with van der Waals surface area (Å²) in [6, 6.07) is 16.4. The van der Waals surface area contributed by atoms with Crippen LogP contribution in [0.15, 0.2) is 54.7 Å². The molecule has 0 unspecified atom stereocenters. The van der Waals surface area contributed by atoms with Crippen molar-refractivity contribution in [2.45, 2.75) is 39.2 Å². The van der Waals surface area contributed by atoms with Crippen LogP contribution >= 0.6 is 11.3 Å². The minimum absolute atomic E-state index is 0.218. The summed E-state index contributed by atoms with van der Waals surface area (Å²) in [5, 5.41) is 17.6. The van der Waals surface area contributed by atoms with Gasteiger partial charge in [-0.2, -0.15) is 5.10 Å². The van der Waals surface area contributed by atoms with Gasteiger partial charge in [-0.3, -0.25) is 14.8 Å². The number of rotatable bonds is 6. The molecule has 1 N–H and O–H groups in total. The van der Waals surface area contributed by atoms with Crippen LogP contribution in [0.2, 0.25) is 0 Å². The minimum atomic E-state index is -0.218. The van der Waals surface area contributed by atoms with Crippen LogP contribution < -0.4 is 5.32 Å². The first-order valence-electron chi connectivity index (χ1n) is 10.4. The predicted octanol–water partition coefficient (Wildman–Crippen LogP) is 5.20. The van der Waals surface area contributed by atoms with Crippen LogP contribution in [0.3, 0.4) is 0 Å². The fourth-order valence-electron chi connectivity index (χ4n) is 3.42. The number of nitrogens with zero attached hydrogens (tertiary/aromatic N) is 4. The van der Waals surface area contributed by atoms with E-state index < -0.39 is 0 Å². The molecule has 0 bridgehead atoms. The van der Waals surface area contributed by atoms with E-state index in [1.54, 1.807) is 0 Å². The first-order chi connectivity index (χ1) is 15.0. The highest BCUT2D eigenvalue weighted by atomic mass is 32.1. The van der Waals surface area contributed by atoms with E-state index >= 15 is 0 Å². The number of anilines is 1. The molecule has 0 radical (unpaired) electrons. The smallest absolute Gasteiger partial charge is 0.261 e. The molecule has 5 rings (SSSR count). The number of nitrogens with one attached hydrogen (secondary N) is 1. The van der Waals surface area contributed by atoms with Crippen LogP contribution in [0.4, 0.5) is 5.13 Å². The summed E-state index contributed by atoms with van der Waals surface area (Å²) in [6.45, 7) is 4.70. The standard InChI is InChI=1S/C24H23N5OS/c1-15-3-7-17(8-4-15)13-29-14-20(21(28-29)18-9-5-16(2)6-10-18)22(30)25-24-27-26-23(31-24)19-11-12-19/h3-10,14,19H,11-13H2,1-2H3,(H,25,27,30). The summed E-state index contributed by atoms with van der Waals surface area (Å²) in [4.78, 5) is 13.2. The van der Waals surface area contributed by atoms with Gasteiger partial charge in [-0.1, -0.05) is 71.0 Å². The maximum atomic E-state index is 13.2. The molecule has 2 aromatic heterocycles. The molecule has 1 amide bonds. The minimum Gasteiger partial charge on any atom is -0.296 e. The molecule has 0 spiro atoms. The topological polar surface area (TPSA) is 72.7 Å². The van der Waals surface area contributed by atoms with Crippen molar-refractivity contribution in [1.29, 1.82) is 0 Å². The molecule has 0 saturated heterocycles. The van der Waals surface area contributed by atoms with Gasteiger partial charge >= 0.3 is 0 Å². The van der Waals surface area contributed by atoms with E-state index in [1.807, 2.05) is 42.1 Å². The van der Waals surface area contributed by atoms with Crippen molar-refractivity contribution in [3.05, 3.63) is 82.0 Å². The average Bonchev–Trinajstić information content (AvgIpc) is 3.37. The van der Waals surface area contributed by atoms with Crippen LogP contribution in [0.5, 0.6) is 0 Å². The number of benzene rings is 2. The maximum Gasteiger partial charge on any atom is 0.261 e.